The van der Waals surface area contributed by atoms with Crippen LogP contribution in [0.15, 0.2) is 47.5 Å². The number of aliphatic hydroxyl groups is 1. The first-order valence-corrected chi connectivity index (χ1v) is 10.5. The summed E-state index contributed by atoms with van der Waals surface area (Å²) in [6, 6.07) is 8.38. The Hall–Kier alpha value is -2.79. The number of nitrogens with zero attached hydrogens (tertiary/aromatic N) is 1. The minimum atomic E-state index is -4.21. The van der Waals surface area contributed by atoms with Gasteiger partial charge in [0.1, 0.15) is 22.0 Å². The Labute approximate surface area is 176 Å². The van der Waals surface area contributed by atoms with Gasteiger partial charge in [-0.1, -0.05) is 23.7 Å². The van der Waals surface area contributed by atoms with Crippen LogP contribution in [0, 0.1) is 5.82 Å². The third kappa shape index (κ3) is 4.68. The Morgan fingerprint density at radius 1 is 1.20 bits per heavy atom. The number of carbonyl (C=O) groups excluding carboxylic acids is 1. The molecule has 1 amide bonds. The van der Waals surface area contributed by atoms with Crippen molar-refractivity contribution in [3.05, 3.63) is 64.6 Å². The molecule has 4 N–H and O–H groups in total. The second-order valence-electron chi connectivity index (χ2n) is 6.25. The second-order valence-corrected chi connectivity index (χ2v) is 8.42. The molecular formula is C19H17ClFN3O5S. The summed E-state index contributed by atoms with van der Waals surface area (Å²) in [5.74, 6) is -2.22. The van der Waals surface area contributed by atoms with Crippen molar-refractivity contribution in [2.45, 2.75) is 11.4 Å². The molecule has 3 rings (SSSR count). The molecule has 1 aromatic heterocycles. The van der Waals surface area contributed by atoms with E-state index >= 15 is 0 Å². The molecule has 158 valence electrons. The third-order valence-corrected chi connectivity index (χ3v) is 5.90. The Balaban J connectivity index is 1.95. The molecule has 0 saturated carbocycles. The maximum absolute atomic E-state index is 14.1. The van der Waals surface area contributed by atoms with Crippen molar-refractivity contribution >= 4 is 38.4 Å². The van der Waals surface area contributed by atoms with Crippen molar-refractivity contribution in [1.29, 1.82) is 0 Å². The molecule has 2 aromatic carbocycles. The topological polar surface area (TPSA) is 129 Å². The molecule has 11 heteroatoms. The number of aromatic nitrogens is 1. The minimum Gasteiger partial charge on any atom is -0.506 e. The number of aromatic hydroxyl groups is 1. The molecule has 0 fully saturated rings. The van der Waals surface area contributed by atoms with Crippen LogP contribution < -0.4 is 10.0 Å². The van der Waals surface area contributed by atoms with E-state index in [1.807, 2.05) is 0 Å². The number of hydrogen-bond acceptors (Lipinski definition) is 6. The first-order chi connectivity index (χ1) is 14.2. The number of fused-ring (bicyclic) bond motifs is 1. The van der Waals surface area contributed by atoms with E-state index in [0.29, 0.717) is 5.02 Å². The fourth-order valence-electron chi connectivity index (χ4n) is 2.73. The molecule has 0 radical (unpaired) electrons. The minimum absolute atomic E-state index is 0.140. The number of pyridine rings is 1. The maximum Gasteiger partial charge on any atom is 0.256 e. The zero-order valence-electron chi connectivity index (χ0n) is 15.4. The van der Waals surface area contributed by atoms with Crippen LogP contribution in [0.25, 0.3) is 10.9 Å². The van der Waals surface area contributed by atoms with Crippen molar-refractivity contribution in [3.8, 4) is 5.75 Å². The fourth-order valence-corrected chi connectivity index (χ4v) is 4.06. The average Bonchev–Trinajstić information content (AvgIpc) is 2.72. The Bertz CT molecular complexity index is 1200. The van der Waals surface area contributed by atoms with E-state index in [1.54, 1.807) is 24.3 Å². The molecule has 3 aromatic rings. The third-order valence-electron chi connectivity index (χ3n) is 4.18. The quantitative estimate of drug-likeness (QED) is 0.432. The molecule has 0 aliphatic rings. The molecule has 0 unspecified atom stereocenters. The van der Waals surface area contributed by atoms with E-state index in [2.05, 4.69) is 15.0 Å². The lowest BCUT2D eigenvalue weighted by atomic mass is 10.1. The number of benzene rings is 2. The van der Waals surface area contributed by atoms with Gasteiger partial charge in [-0.25, -0.2) is 17.5 Å². The summed E-state index contributed by atoms with van der Waals surface area (Å²) < 4.78 is 40.9. The summed E-state index contributed by atoms with van der Waals surface area (Å²) >= 11 is 5.81. The molecule has 0 aliphatic heterocycles. The molecule has 0 atom stereocenters. The smallest absolute Gasteiger partial charge is 0.256 e. The number of halogens is 2. The lowest BCUT2D eigenvalue weighted by molar-refractivity contribution is 0.0948. The van der Waals surface area contributed by atoms with Crippen LogP contribution >= 0.6 is 11.6 Å². The van der Waals surface area contributed by atoms with Gasteiger partial charge in [-0.05, 0) is 29.8 Å². The highest BCUT2D eigenvalue weighted by Gasteiger charge is 2.23. The van der Waals surface area contributed by atoms with Gasteiger partial charge in [0.2, 0.25) is 10.0 Å². The largest absolute Gasteiger partial charge is 0.506 e. The maximum atomic E-state index is 14.1. The van der Waals surface area contributed by atoms with E-state index in [9.17, 15) is 22.7 Å². The Morgan fingerprint density at radius 2 is 1.90 bits per heavy atom. The van der Waals surface area contributed by atoms with E-state index in [4.69, 9.17) is 16.7 Å². The number of hydrogen-bond donors (Lipinski definition) is 4. The summed E-state index contributed by atoms with van der Waals surface area (Å²) in [5, 5.41) is 22.2. The van der Waals surface area contributed by atoms with Crippen molar-refractivity contribution in [2.24, 2.45) is 0 Å². The lowest BCUT2D eigenvalue weighted by Crippen LogP contribution is -2.27. The van der Waals surface area contributed by atoms with Crippen LogP contribution in [0.5, 0.6) is 5.75 Å². The molecule has 0 saturated heterocycles. The monoisotopic (exact) mass is 453 g/mol. The first-order valence-electron chi connectivity index (χ1n) is 8.67. The van der Waals surface area contributed by atoms with Gasteiger partial charge in [0.25, 0.3) is 5.91 Å². The van der Waals surface area contributed by atoms with Gasteiger partial charge in [0.05, 0.1) is 12.1 Å². The lowest BCUT2D eigenvalue weighted by Gasteiger charge is -2.12. The second kappa shape index (κ2) is 8.92. The molecule has 1 heterocycles. The summed E-state index contributed by atoms with van der Waals surface area (Å²) in [7, 11) is -4.21. The van der Waals surface area contributed by atoms with Crippen molar-refractivity contribution in [3.63, 3.8) is 0 Å². The molecule has 8 nitrogen and oxygen atoms in total. The van der Waals surface area contributed by atoms with Crippen molar-refractivity contribution in [2.75, 3.05) is 13.2 Å². The zero-order chi connectivity index (χ0) is 21.9. The van der Waals surface area contributed by atoms with Gasteiger partial charge >= 0.3 is 0 Å². The number of aliphatic hydroxyl groups excluding tert-OH is 1. The van der Waals surface area contributed by atoms with Gasteiger partial charge < -0.3 is 15.5 Å². The van der Waals surface area contributed by atoms with Crippen LogP contribution in [0.4, 0.5) is 4.39 Å². The number of rotatable bonds is 7. The summed E-state index contributed by atoms with van der Waals surface area (Å²) in [4.78, 5) is 15.9. The molecule has 0 spiro atoms. The predicted octanol–water partition coefficient (Wildman–Crippen LogP) is 1.93. The zero-order valence-corrected chi connectivity index (χ0v) is 17.0. The van der Waals surface area contributed by atoms with Gasteiger partial charge in [0.15, 0.2) is 0 Å². The SMILES string of the molecule is O=C(NCc1ccc(Cl)cc1)c1cnc2c(S(=O)(=O)NCCO)cc(F)cc2c1O. The van der Waals surface area contributed by atoms with Crippen LogP contribution in [-0.4, -0.2) is 42.7 Å². The summed E-state index contributed by atoms with van der Waals surface area (Å²) in [6.07, 6.45) is 1.01. The fraction of sp³-hybridized carbons (Fsp3) is 0.158. The number of amides is 1. The van der Waals surface area contributed by atoms with Crippen molar-refractivity contribution in [1.82, 2.24) is 15.0 Å². The number of sulfonamides is 1. The summed E-state index contributed by atoms with van der Waals surface area (Å²) in [5.41, 5.74) is 0.303. The van der Waals surface area contributed by atoms with Crippen molar-refractivity contribution < 1.29 is 27.8 Å². The van der Waals surface area contributed by atoms with Crippen LogP contribution in [-0.2, 0) is 16.6 Å². The molecular weight excluding hydrogens is 437 g/mol. The Morgan fingerprint density at radius 3 is 2.57 bits per heavy atom. The predicted molar refractivity (Wildman–Crippen MR) is 108 cm³/mol. The van der Waals surface area contributed by atoms with Gasteiger partial charge in [-0.2, -0.15) is 0 Å². The normalized spacial score (nSPS) is 11.6. The van der Waals surface area contributed by atoms with E-state index < -0.39 is 39.0 Å². The van der Waals surface area contributed by atoms with E-state index in [-0.39, 0.29) is 29.6 Å². The van der Waals surface area contributed by atoms with Crippen LogP contribution in [0.2, 0.25) is 5.02 Å². The number of nitrogens with one attached hydrogen (secondary N) is 2. The number of carbonyl (C=O) groups is 1. The molecule has 0 bridgehead atoms. The average molecular weight is 454 g/mol. The highest BCUT2D eigenvalue weighted by Crippen LogP contribution is 2.32. The van der Waals surface area contributed by atoms with Gasteiger partial charge in [0, 0.05) is 29.7 Å². The van der Waals surface area contributed by atoms with Gasteiger partial charge in [-0.15, -0.1) is 0 Å². The van der Waals surface area contributed by atoms with Gasteiger partial charge in [-0.3, -0.25) is 9.78 Å². The van der Waals surface area contributed by atoms with E-state index in [0.717, 1.165) is 23.9 Å². The van der Waals surface area contributed by atoms with Crippen LogP contribution in [0.1, 0.15) is 15.9 Å². The highest BCUT2D eigenvalue weighted by atomic mass is 35.5. The van der Waals surface area contributed by atoms with E-state index in [1.165, 1.54) is 0 Å². The molecule has 30 heavy (non-hydrogen) atoms. The van der Waals surface area contributed by atoms with Crippen LogP contribution in [0.3, 0.4) is 0 Å². The first kappa shape index (κ1) is 21.9. The Kier molecular flexibility index (Phi) is 6.52. The molecule has 0 aliphatic carbocycles. The summed E-state index contributed by atoms with van der Waals surface area (Å²) in [6.45, 7) is -0.595. The standard InChI is InChI=1S/C19H17ClFN3O5S/c20-12-3-1-11(2-4-12)9-23-19(27)15-10-22-17-14(18(15)26)7-13(21)8-16(17)30(28,29)24-5-6-25/h1-4,7-8,10,24-25H,5-6,9H2,(H,22,26)(H,23,27). The highest BCUT2D eigenvalue weighted by molar-refractivity contribution is 7.89.